The lowest BCUT2D eigenvalue weighted by molar-refractivity contribution is 0.0390. The highest BCUT2D eigenvalue weighted by atomic mass is 16.5. The Kier molecular flexibility index (Phi) is 5.53. The fourth-order valence-electron chi connectivity index (χ4n) is 1.84. The predicted molar refractivity (Wildman–Crippen MR) is 58.7 cm³/mol. The predicted octanol–water partition coefficient (Wildman–Crippen LogP) is 0.136. The van der Waals surface area contributed by atoms with E-state index in [2.05, 4.69) is 5.32 Å². The summed E-state index contributed by atoms with van der Waals surface area (Å²) in [6, 6.07) is 0. The van der Waals surface area contributed by atoms with Gasteiger partial charge < -0.3 is 20.3 Å². The number of aliphatic hydroxyl groups excluding tert-OH is 2. The van der Waals surface area contributed by atoms with Crippen molar-refractivity contribution in [2.45, 2.75) is 31.7 Å². The van der Waals surface area contributed by atoms with Gasteiger partial charge in [0.2, 0.25) is 0 Å². The molecule has 1 unspecified atom stereocenters. The van der Waals surface area contributed by atoms with Crippen molar-refractivity contribution in [1.82, 2.24) is 5.32 Å². The molecular formula is C11H23NO3. The third kappa shape index (κ3) is 3.72. The molecule has 0 aromatic carbocycles. The molecule has 15 heavy (non-hydrogen) atoms. The molecule has 1 heterocycles. The van der Waals surface area contributed by atoms with Crippen LogP contribution < -0.4 is 5.32 Å². The molecule has 1 saturated heterocycles. The summed E-state index contributed by atoms with van der Waals surface area (Å²) in [5.41, 5.74) is -0.516. The van der Waals surface area contributed by atoms with Crippen LogP contribution in [-0.4, -0.2) is 48.7 Å². The molecule has 1 rings (SSSR count). The summed E-state index contributed by atoms with van der Waals surface area (Å²) in [7, 11) is 0. The standard InChI is InChI=1S/C11H23NO3/c1-2-11(8-13,9-14)12-6-10-4-3-5-15-7-10/h10,12-14H,2-9H2,1H3. The van der Waals surface area contributed by atoms with Gasteiger partial charge in [-0.3, -0.25) is 0 Å². The van der Waals surface area contributed by atoms with Crippen LogP contribution in [0.5, 0.6) is 0 Å². The average Bonchev–Trinajstić information content (AvgIpc) is 2.33. The van der Waals surface area contributed by atoms with Gasteiger partial charge in [0.25, 0.3) is 0 Å². The van der Waals surface area contributed by atoms with Crippen LogP contribution in [0.1, 0.15) is 26.2 Å². The lowest BCUT2D eigenvalue weighted by Gasteiger charge is -2.33. The van der Waals surface area contributed by atoms with Crippen molar-refractivity contribution in [1.29, 1.82) is 0 Å². The maximum Gasteiger partial charge on any atom is 0.0645 e. The Morgan fingerprint density at radius 2 is 2.13 bits per heavy atom. The van der Waals surface area contributed by atoms with E-state index in [0.29, 0.717) is 5.92 Å². The Bertz CT molecular complexity index is 157. The molecule has 1 atom stereocenters. The van der Waals surface area contributed by atoms with E-state index in [1.807, 2.05) is 6.92 Å². The van der Waals surface area contributed by atoms with Crippen LogP contribution in [0.15, 0.2) is 0 Å². The zero-order chi connectivity index (χ0) is 11.1. The average molecular weight is 217 g/mol. The summed E-state index contributed by atoms with van der Waals surface area (Å²) in [4.78, 5) is 0. The van der Waals surface area contributed by atoms with Crippen LogP contribution in [-0.2, 0) is 4.74 Å². The summed E-state index contributed by atoms with van der Waals surface area (Å²) < 4.78 is 5.38. The topological polar surface area (TPSA) is 61.7 Å². The van der Waals surface area contributed by atoms with Gasteiger partial charge in [-0.2, -0.15) is 0 Å². The zero-order valence-electron chi connectivity index (χ0n) is 9.54. The largest absolute Gasteiger partial charge is 0.394 e. The van der Waals surface area contributed by atoms with E-state index in [4.69, 9.17) is 4.74 Å². The number of nitrogens with one attached hydrogen (secondary N) is 1. The van der Waals surface area contributed by atoms with E-state index in [9.17, 15) is 10.2 Å². The molecule has 1 aliphatic heterocycles. The van der Waals surface area contributed by atoms with Gasteiger partial charge in [0, 0.05) is 13.2 Å². The van der Waals surface area contributed by atoms with Crippen molar-refractivity contribution < 1.29 is 14.9 Å². The molecule has 0 bridgehead atoms. The Labute approximate surface area is 91.6 Å². The first kappa shape index (κ1) is 12.9. The van der Waals surface area contributed by atoms with Crippen LogP contribution in [0, 0.1) is 5.92 Å². The summed E-state index contributed by atoms with van der Waals surface area (Å²) in [6.07, 6.45) is 3.01. The molecule has 0 amide bonds. The maximum atomic E-state index is 9.25. The molecule has 1 fully saturated rings. The van der Waals surface area contributed by atoms with Crippen LogP contribution in [0.2, 0.25) is 0 Å². The quantitative estimate of drug-likeness (QED) is 0.592. The Morgan fingerprint density at radius 3 is 2.60 bits per heavy atom. The van der Waals surface area contributed by atoms with E-state index in [1.54, 1.807) is 0 Å². The van der Waals surface area contributed by atoms with Crippen molar-refractivity contribution >= 4 is 0 Å². The van der Waals surface area contributed by atoms with E-state index in [1.165, 1.54) is 6.42 Å². The SMILES string of the molecule is CCC(CO)(CO)NCC1CCCOC1. The number of ether oxygens (including phenoxy) is 1. The van der Waals surface area contributed by atoms with E-state index in [-0.39, 0.29) is 13.2 Å². The minimum atomic E-state index is -0.516. The number of aliphatic hydroxyl groups is 2. The van der Waals surface area contributed by atoms with Crippen LogP contribution in [0.4, 0.5) is 0 Å². The second-order valence-corrected chi connectivity index (χ2v) is 4.41. The van der Waals surface area contributed by atoms with Crippen molar-refractivity contribution in [2.24, 2.45) is 5.92 Å². The van der Waals surface area contributed by atoms with Crippen molar-refractivity contribution in [2.75, 3.05) is 33.0 Å². The summed E-state index contributed by atoms with van der Waals surface area (Å²) in [5, 5.41) is 21.8. The molecule has 4 nitrogen and oxygen atoms in total. The number of rotatable bonds is 6. The van der Waals surface area contributed by atoms with E-state index in [0.717, 1.165) is 32.6 Å². The molecule has 0 saturated carbocycles. The molecule has 1 aliphatic rings. The Morgan fingerprint density at radius 1 is 1.40 bits per heavy atom. The summed E-state index contributed by atoms with van der Waals surface area (Å²) >= 11 is 0. The Hall–Kier alpha value is -0.160. The second-order valence-electron chi connectivity index (χ2n) is 4.41. The minimum absolute atomic E-state index is 0.0203. The van der Waals surface area contributed by atoms with Gasteiger partial charge in [-0.1, -0.05) is 6.92 Å². The highest BCUT2D eigenvalue weighted by Crippen LogP contribution is 2.15. The highest BCUT2D eigenvalue weighted by molar-refractivity contribution is 4.86. The number of hydrogen-bond acceptors (Lipinski definition) is 4. The monoisotopic (exact) mass is 217 g/mol. The van der Waals surface area contributed by atoms with Crippen LogP contribution in [0.25, 0.3) is 0 Å². The maximum absolute atomic E-state index is 9.25. The fraction of sp³-hybridized carbons (Fsp3) is 1.00. The lowest BCUT2D eigenvalue weighted by Crippen LogP contribution is -2.53. The van der Waals surface area contributed by atoms with Crippen LogP contribution in [0.3, 0.4) is 0 Å². The molecular weight excluding hydrogens is 194 g/mol. The summed E-state index contributed by atoms with van der Waals surface area (Å²) in [5.74, 6) is 0.516. The van der Waals surface area contributed by atoms with Gasteiger partial charge in [-0.15, -0.1) is 0 Å². The third-order valence-electron chi connectivity index (χ3n) is 3.30. The molecule has 4 heteroatoms. The van der Waals surface area contributed by atoms with Crippen molar-refractivity contribution in [3.63, 3.8) is 0 Å². The van der Waals surface area contributed by atoms with E-state index < -0.39 is 5.54 Å². The minimum Gasteiger partial charge on any atom is -0.394 e. The van der Waals surface area contributed by atoms with Gasteiger partial charge in [0.15, 0.2) is 0 Å². The van der Waals surface area contributed by atoms with Gasteiger partial charge >= 0.3 is 0 Å². The smallest absolute Gasteiger partial charge is 0.0645 e. The first-order valence-corrected chi connectivity index (χ1v) is 5.81. The molecule has 90 valence electrons. The first-order chi connectivity index (χ1) is 7.26. The second kappa shape index (κ2) is 6.43. The Balaban J connectivity index is 2.31. The molecule has 0 aromatic rings. The molecule has 0 spiro atoms. The molecule has 3 N–H and O–H groups in total. The normalized spacial score (nSPS) is 23.0. The molecule has 0 radical (unpaired) electrons. The molecule has 0 aromatic heterocycles. The van der Waals surface area contributed by atoms with E-state index >= 15 is 0 Å². The van der Waals surface area contributed by atoms with Gasteiger partial charge in [-0.25, -0.2) is 0 Å². The number of hydrogen-bond donors (Lipinski definition) is 3. The van der Waals surface area contributed by atoms with Gasteiger partial charge in [0.1, 0.15) is 0 Å². The van der Waals surface area contributed by atoms with Gasteiger partial charge in [-0.05, 0) is 25.2 Å². The zero-order valence-corrected chi connectivity index (χ0v) is 9.54. The van der Waals surface area contributed by atoms with Crippen molar-refractivity contribution in [3.05, 3.63) is 0 Å². The highest BCUT2D eigenvalue weighted by Gasteiger charge is 2.27. The van der Waals surface area contributed by atoms with Crippen LogP contribution >= 0.6 is 0 Å². The lowest BCUT2D eigenvalue weighted by atomic mass is 9.95. The first-order valence-electron chi connectivity index (χ1n) is 5.81. The molecule has 0 aliphatic carbocycles. The van der Waals surface area contributed by atoms with Crippen molar-refractivity contribution in [3.8, 4) is 0 Å². The summed E-state index contributed by atoms with van der Waals surface area (Å²) in [6.45, 7) is 4.41. The fourth-order valence-corrected chi connectivity index (χ4v) is 1.84. The third-order valence-corrected chi connectivity index (χ3v) is 3.30. The van der Waals surface area contributed by atoms with Gasteiger partial charge in [0.05, 0.1) is 25.4 Å².